The van der Waals surface area contributed by atoms with Gasteiger partial charge in [0.25, 0.3) is 0 Å². The second-order valence-electron chi connectivity index (χ2n) is 3.08. The topological polar surface area (TPSA) is 91.7 Å². The summed E-state index contributed by atoms with van der Waals surface area (Å²) in [6, 6.07) is 5.07. The minimum Gasteiger partial charge on any atom is -0.479 e. The maximum absolute atomic E-state index is 11.1. The van der Waals surface area contributed by atoms with E-state index in [1.54, 1.807) is 0 Å². The normalized spacial score (nSPS) is 13.5. The number of carboxylic acid groups (broad SMARTS) is 1. The molecule has 0 saturated heterocycles. The van der Waals surface area contributed by atoms with E-state index in [1.807, 2.05) is 0 Å². The highest BCUT2D eigenvalue weighted by Gasteiger charge is 2.16. The van der Waals surface area contributed by atoms with Crippen molar-refractivity contribution >= 4 is 15.8 Å². The van der Waals surface area contributed by atoms with Crippen LogP contribution in [-0.2, 0) is 14.6 Å². The second kappa shape index (κ2) is 4.00. The van der Waals surface area contributed by atoms with Crippen LogP contribution in [0, 0.1) is 0 Å². The molecular formula is C9H10O5S. The number of carbonyl (C=O) groups is 1. The maximum atomic E-state index is 11.1. The maximum Gasteiger partial charge on any atom is 0.337 e. The predicted molar refractivity (Wildman–Crippen MR) is 52.1 cm³/mol. The summed E-state index contributed by atoms with van der Waals surface area (Å²) >= 11 is 0. The van der Waals surface area contributed by atoms with E-state index < -0.39 is 21.9 Å². The Morgan fingerprint density at radius 2 is 1.73 bits per heavy atom. The molecule has 0 fully saturated rings. The molecule has 1 aromatic carbocycles. The number of rotatable bonds is 3. The van der Waals surface area contributed by atoms with Gasteiger partial charge in [-0.1, -0.05) is 12.1 Å². The number of sulfone groups is 1. The molecule has 15 heavy (non-hydrogen) atoms. The molecule has 0 spiro atoms. The molecule has 0 aliphatic carbocycles. The molecule has 0 saturated carbocycles. The first-order valence-corrected chi connectivity index (χ1v) is 5.92. The summed E-state index contributed by atoms with van der Waals surface area (Å²) in [5.74, 6) is -1.37. The van der Waals surface area contributed by atoms with Crippen LogP contribution < -0.4 is 0 Å². The molecule has 0 bridgehead atoms. The fraction of sp³-hybridized carbons (Fsp3) is 0.222. The van der Waals surface area contributed by atoms with Crippen LogP contribution in [0.5, 0.6) is 0 Å². The lowest BCUT2D eigenvalue weighted by molar-refractivity contribution is -0.146. The van der Waals surface area contributed by atoms with Crippen LogP contribution in [0.25, 0.3) is 0 Å². The molecule has 0 radical (unpaired) electrons. The standard InChI is InChI=1S/C9H10O5S/c1-15(13,14)7-4-2-6(3-5-7)8(10)9(11)12/h2-5,8,10H,1H3,(H,11,12). The highest BCUT2D eigenvalue weighted by atomic mass is 32.2. The smallest absolute Gasteiger partial charge is 0.337 e. The van der Waals surface area contributed by atoms with Gasteiger partial charge in [0.1, 0.15) is 0 Å². The molecule has 1 atom stereocenters. The quantitative estimate of drug-likeness (QED) is 0.774. The summed E-state index contributed by atoms with van der Waals surface area (Å²) in [4.78, 5) is 10.5. The molecule has 0 amide bonds. The summed E-state index contributed by atoms with van der Waals surface area (Å²) in [7, 11) is -3.29. The van der Waals surface area contributed by atoms with Crippen LogP contribution in [0.4, 0.5) is 0 Å². The van der Waals surface area contributed by atoms with Crippen molar-refractivity contribution in [2.45, 2.75) is 11.0 Å². The fourth-order valence-electron chi connectivity index (χ4n) is 1.04. The number of aliphatic carboxylic acids is 1. The van der Waals surface area contributed by atoms with Crippen molar-refractivity contribution in [1.82, 2.24) is 0 Å². The molecule has 1 aromatic rings. The van der Waals surface area contributed by atoms with Crippen LogP contribution in [0.15, 0.2) is 29.2 Å². The van der Waals surface area contributed by atoms with E-state index in [0.717, 1.165) is 6.26 Å². The van der Waals surface area contributed by atoms with Gasteiger partial charge in [-0.05, 0) is 17.7 Å². The molecule has 1 rings (SSSR count). The lowest BCUT2D eigenvalue weighted by atomic mass is 10.1. The SMILES string of the molecule is CS(=O)(=O)c1ccc(C(O)C(=O)O)cc1. The van der Waals surface area contributed by atoms with Crippen LogP contribution in [0.1, 0.15) is 11.7 Å². The Morgan fingerprint density at radius 3 is 2.07 bits per heavy atom. The Morgan fingerprint density at radius 1 is 1.27 bits per heavy atom. The number of hydrogen-bond acceptors (Lipinski definition) is 4. The largest absolute Gasteiger partial charge is 0.479 e. The highest BCUT2D eigenvalue weighted by molar-refractivity contribution is 7.90. The van der Waals surface area contributed by atoms with Gasteiger partial charge in [0, 0.05) is 6.26 Å². The van der Waals surface area contributed by atoms with Gasteiger partial charge in [-0.3, -0.25) is 0 Å². The molecule has 1 unspecified atom stereocenters. The number of benzene rings is 1. The molecule has 5 nitrogen and oxygen atoms in total. The van der Waals surface area contributed by atoms with Crippen LogP contribution >= 0.6 is 0 Å². The molecule has 0 heterocycles. The molecule has 0 aliphatic rings. The Hall–Kier alpha value is -1.40. The third kappa shape index (κ3) is 2.77. The van der Waals surface area contributed by atoms with Crippen molar-refractivity contribution in [3.05, 3.63) is 29.8 Å². The van der Waals surface area contributed by atoms with Gasteiger partial charge in [0.15, 0.2) is 15.9 Å². The van der Waals surface area contributed by atoms with E-state index >= 15 is 0 Å². The zero-order chi connectivity index (χ0) is 11.6. The van der Waals surface area contributed by atoms with E-state index in [2.05, 4.69) is 0 Å². The minimum absolute atomic E-state index is 0.0869. The first-order valence-electron chi connectivity index (χ1n) is 4.03. The van der Waals surface area contributed by atoms with E-state index in [1.165, 1.54) is 24.3 Å². The summed E-state index contributed by atoms with van der Waals surface area (Å²) in [6.45, 7) is 0. The fourth-order valence-corrected chi connectivity index (χ4v) is 1.67. The molecule has 6 heteroatoms. The first-order chi connectivity index (χ1) is 6.82. The van der Waals surface area contributed by atoms with Gasteiger partial charge in [-0.15, -0.1) is 0 Å². The van der Waals surface area contributed by atoms with Crippen LogP contribution in [0.3, 0.4) is 0 Å². The van der Waals surface area contributed by atoms with Gasteiger partial charge in [-0.25, -0.2) is 13.2 Å². The van der Waals surface area contributed by atoms with E-state index in [9.17, 15) is 13.2 Å². The van der Waals surface area contributed by atoms with Gasteiger partial charge >= 0.3 is 5.97 Å². The first kappa shape index (κ1) is 11.7. The number of aliphatic hydroxyl groups excluding tert-OH is 1. The van der Waals surface area contributed by atoms with Crippen LogP contribution in [-0.4, -0.2) is 30.9 Å². The number of hydrogen-bond donors (Lipinski definition) is 2. The van der Waals surface area contributed by atoms with Crippen molar-refractivity contribution in [3.63, 3.8) is 0 Å². The second-order valence-corrected chi connectivity index (χ2v) is 5.10. The van der Waals surface area contributed by atoms with E-state index in [-0.39, 0.29) is 10.5 Å². The lowest BCUT2D eigenvalue weighted by Gasteiger charge is -2.05. The Kier molecular flexibility index (Phi) is 3.11. The third-order valence-corrected chi connectivity index (χ3v) is 2.99. The molecule has 0 aromatic heterocycles. The van der Waals surface area contributed by atoms with Crippen molar-refractivity contribution in [2.75, 3.05) is 6.26 Å². The van der Waals surface area contributed by atoms with Crippen molar-refractivity contribution in [1.29, 1.82) is 0 Å². The van der Waals surface area contributed by atoms with E-state index in [0.29, 0.717) is 0 Å². The zero-order valence-corrected chi connectivity index (χ0v) is 8.73. The molecule has 2 N–H and O–H groups in total. The van der Waals surface area contributed by atoms with Gasteiger partial charge in [0.05, 0.1) is 4.90 Å². The third-order valence-electron chi connectivity index (χ3n) is 1.86. The Bertz CT molecular complexity index is 460. The van der Waals surface area contributed by atoms with Gasteiger partial charge in [0.2, 0.25) is 0 Å². The minimum atomic E-state index is -3.29. The predicted octanol–water partition coefficient (Wildman–Crippen LogP) is 0.208. The summed E-state index contributed by atoms with van der Waals surface area (Å²) < 4.78 is 22.1. The molecule has 0 aliphatic heterocycles. The van der Waals surface area contributed by atoms with E-state index in [4.69, 9.17) is 10.2 Å². The zero-order valence-electron chi connectivity index (χ0n) is 7.91. The Balaban J connectivity index is 3.06. The van der Waals surface area contributed by atoms with Crippen molar-refractivity contribution < 1.29 is 23.4 Å². The average Bonchev–Trinajstić information content (AvgIpc) is 2.15. The summed E-state index contributed by atoms with van der Waals surface area (Å²) in [6.07, 6.45) is -0.575. The highest BCUT2D eigenvalue weighted by Crippen LogP contribution is 2.16. The average molecular weight is 230 g/mol. The molecular weight excluding hydrogens is 220 g/mol. The summed E-state index contributed by atoms with van der Waals surface area (Å²) in [5, 5.41) is 17.6. The Labute approximate surface area is 86.9 Å². The molecule has 82 valence electrons. The van der Waals surface area contributed by atoms with Crippen molar-refractivity contribution in [3.8, 4) is 0 Å². The number of carboxylic acids is 1. The monoisotopic (exact) mass is 230 g/mol. The van der Waals surface area contributed by atoms with Crippen LogP contribution in [0.2, 0.25) is 0 Å². The lowest BCUT2D eigenvalue weighted by Crippen LogP contribution is -2.10. The summed E-state index contributed by atoms with van der Waals surface area (Å²) in [5.41, 5.74) is 0.148. The van der Waals surface area contributed by atoms with Gasteiger partial charge < -0.3 is 10.2 Å². The van der Waals surface area contributed by atoms with Gasteiger partial charge in [-0.2, -0.15) is 0 Å². The number of aliphatic hydroxyl groups is 1. The van der Waals surface area contributed by atoms with Crippen molar-refractivity contribution in [2.24, 2.45) is 0 Å².